The molecule has 5 nitrogen and oxygen atoms in total. The summed E-state index contributed by atoms with van der Waals surface area (Å²) in [5.41, 5.74) is 2.70. The zero-order chi connectivity index (χ0) is 19.5. The third-order valence-corrected chi connectivity index (χ3v) is 5.89. The number of nitrogens with zero attached hydrogens (tertiary/aromatic N) is 1. The normalized spacial score (nSPS) is 12.5. The molecule has 140 valence electrons. The van der Waals surface area contributed by atoms with Gasteiger partial charge in [0.1, 0.15) is 0 Å². The van der Waals surface area contributed by atoms with Crippen molar-refractivity contribution in [2.24, 2.45) is 0 Å². The number of nitrogens with one attached hydrogen (secondary N) is 1. The van der Waals surface area contributed by atoms with Crippen LogP contribution in [0.1, 0.15) is 47.7 Å². The van der Waals surface area contributed by atoms with Gasteiger partial charge in [-0.15, -0.1) is 0 Å². The van der Waals surface area contributed by atoms with Crippen molar-refractivity contribution in [1.82, 2.24) is 4.90 Å². The van der Waals surface area contributed by atoms with Crippen molar-refractivity contribution < 1.29 is 13.2 Å². The topological polar surface area (TPSA) is 66.5 Å². The number of anilines is 1. The first-order valence-electron chi connectivity index (χ1n) is 8.60. The first kappa shape index (κ1) is 20.0. The lowest BCUT2D eigenvalue weighted by Crippen LogP contribution is -2.22. The molecule has 0 fully saturated rings. The number of hydrogen-bond donors (Lipinski definition) is 1. The largest absolute Gasteiger partial charge is 0.345 e. The number of rotatable bonds is 6. The van der Waals surface area contributed by atoms with E-state index in [0.29, 0.717) is 17.2 Å². The molecule has 1 amide bonds. The minimum atomic E-state index is -3.72. The van der Waals surface area contributed by atoms with Crippen LogP contribution in [0.4, 0.5) is 5.69 Å². The zero-order valence-corrected chi connectivity index (χ0v) is 16.7. The average molecular weight is 375 g/mol. The highest BCUT2D eigenvalue weighted by Crippen LogP contribution is 2.24. The molecule has 1 N–H and O–H groups in total. The maximum absolute atomic E-state index is 12.7. The lowest BCUT2D eigenvalue weighted by Gasteiger charge is -2.15. The van der Waals surface area contributed by atoms with E-state index in [0.717, 1.165) is 17.5 Å². The van der Waals surface area contributed by atoms with Gasteiger partial charge in [-0.25, -0.2) is 8.42 Å². The van der Waals surface area contributed by atoms with Crippen molar-refractivity contribution in [3.05, 3.63) is 59.2 Å². The second-order valence-corrected chi connectivity index (χ2v) is 8.40. The minimum Gasteiger partial charge on any atom is -0.345 e. The van der Waals surface area contributed by atoms with Gasteiger partial charge in [-0.1, -0.05) is 32.0 Å². The highest BCUT2D eigenvalue weighted by Gasteiger charge is 2.17. The Morgan fingerprint density at radius 2 is 1.73 bits per heavy atom. The number of carbonyl (C=O) groups excluding carboxylic acids is 1. The SMILES string of the molecule is CCC(C)c1ccc(S(=O)(=O)Nc2cc(C(=O)N(C)C)ccc2C)cc1. The summed E-state index contributed by atoms with van der Waals surface area (Å²) < 4.78 is 28.0. The van der Waals surface area contributed by atoms with E-state index >= 15 is 0 Å². The van der Waals surface area contributed by atoms with Gasteiger partial charge in [0.05, 0.1) is 10.6 Å². The van der Waals surface area contributed by atoms with Crippen LogP contribution in [-0.2, 0) is 10.0 Å². The molecule has 0 aliphatic rings. The van der Waals surface area contributed by atoms with E-state index in [1.165, 1.54) is 4.90 Å². The Balaban J connectivity index is 2.31. The van der Waals surface area contributed by atoms with Gasteiger partial charge < -0.3 is 4.90 Å². The average Bonchev–Trinajstić information content (AvgIpc) is 2.62. The molecule has 2 aromatic rings. The Kier molecular flexibility index (Phi) is 6.08. The summed E-state index contributed by atoms with van der Waals surface area (Å²) in [5.74, 6) is 0.207. The van der Waals surface area contributed by atoms with Gasteiger partial charge in [-0.2, -0.15) is 0 Å². The number of aryl methyl sites for hydroxylation is 1. The molecule has 6 heteroatoms. The maximum Gasteiger partial charge on any atom is 0.261 e. The molecule has 2 rings (SSSR count). The number of hydrogen-bond acceptors (Lipinski definition) is 3. The molecule has 0 radical (unpaired) electrons. The van der Waals surface area contributed by atoms with Crippen molar-refractivity contribution in [2.45, 2.75) is 38.0 Å². The molecule has 0 bridgehead atoms. The second kappa shape index (κ2) is 7.91. The summed E-state index contributed by atoms with van der Waals surface area (Å²) >= 11 is 0. The second-order valence-electron chi connectivity index (χ2n) is 6.71. The van der Waals surface area contributed by atoms with E-state index in [9.17, 15) is 13.2 Å². The fourth-order valence-corrected chi connectivity index (χ4v) is 3.66. The number of amides is 1. The fraction of sp³-hybridized carbons (Fsp3) is 0.350. The summed E-state index contributed by atoms with van der Waals surface area (Å²) in [6.07, 6.45) is 0.996. The first-order valence-corrected chi connectivity index (χ1v) is 10.1. The molecule has 0 heterocycles. The van der Waals surface area contributed by atoms with Crippen LogP contribution in [0.25, 0.3) is 0 Å². The van der Waals surface area contributed by atoms with Gasteiger partial charge in [0.25, 0.3) is 15.9 Å². The molecule has 2 aromatic carbocycles. The van der Waals surface area contributed by atoms with E-state index < -0.39 is 10.0 Å². The van der Waals surface area contributed by atoms with Crippen molar-refractivity contribution >= 4 is 21.6 Å². The van der Waals surface area contributed by atoms with E-state index in [4.69, 9.17) is 0 Å². The van der Waals surface area contributed by atoms with Crippen LogP contribution in [-0.4, -0.2) is 33.3 Å². The molecular weight excluding hydrogens is 348 g/mol. The van der Waals surface area contributed by atoms with Crippen LogP contribution in [0.3, 0.4) is 0 Å². The van der Waals surface area contributed by atoms with Crippen LogP contribution >= 0.6 is 0 Å². The highest BCUT2D eigenvalue weighted by atomic mass is 32.2. The van der Waals surface area contributed by atoms with Gasteiger partial charge in [-0.05, 0) is 54.7 Å². The Hall–Kier alpha value is -2.34. The van der Waals surface area contributed by atoms with Crippen LogP contribution < -0.4 is 4.72 Å². The molecule has 0 saturated carbocycles. The molecule has 0 aliphatic carbocycles. The van der Waals surface area contributed by atoms with E-state index in [1.54, 1.807) is 51.4 Å². The molecule has 26 heavy (non-hydrogen) atoms. The lowest BCUT2D eigenvalue weighted by atomic mass is 9.99. The quantitative estimate of drug-likeness (QED) is 0.831. The third-order valence-electron chi connectivity index (χ3n) is 4.51. The van der Waals surface area contributed by atoms with E-state index in [1.807, 2.05) is 12.1 Å². The van der Waals surface area contributed by atoms with Gasteiger partial charge in [0.2, 0.25) is 0 Å². The van der Waals surface area contributed by atoms with Crippen LogP contribution in [0.15, 0.2) is 47.4 Å². The Morgan fingerprint density at radius 1 is 1.12 bits per heavy atom. The Morgan fingerprint density at radius 3 is 2.27 bits per heavy atom. The summed E-state index contributed by atoms with van der Waals surface area (Å²) in [6.45, 7) is 6.01. The van der Waals surface area contributed by atoms with Crippen molar-refractivity contribution in [3.8, 4) is 0 Å². The smallest absolute Gasteiger partial charge is 0.261 e. The number of carbonyl (C=O) groups is 1. The van der Waals surface area contributed by atoms with Crippen LogP contribution in [0.5, 0.6) is 0 Å². The fourth-order valence-electron chi connectivity index (χ4n) is 2.54. The first-order chi connectivity index (χ1) is 12.2. The Labute approximate surface area is 156 Å². The summed E-state index contributed by atoms with van der Waals surface area (Å²) in [5, 5.41) is 0. The predicted octanol–water partition coefficient (Wildman–Crippen LogP) is 4.01. The monoisotopic (exact) mass is 374 g/mol. The molecule has 1 atom stereocenters. The summed E-state index contributed by atoms with van der Waals surface area (Å²) in [7, 11) is -0.407. The van der Waals surface area contributed by atoms with Crippen molar-refractivity contribution in [1.29, 1.82) is 0 Å². The molecule has 0 spiro atoms. The van der Waals surface area contributed by atoms with Gasteiger partial charge in [-0.3, -0.25) is 9.52 Å². The molecule has 0 aromatic heterocycles. The Bertz CT molecular complexity index is 888. The lowest BCUT2D eigenvalue weighted by molar-refractivity contribution is 0.0827. The van der Waals surface area contributed by atoms with Gasteiger partial charge in [0.15, 0.2) is 0 Å². The maximum atomic E-state index is 12.7. The minimum absolute atomic E-state index is 0.177. The summed E-state index contributed by atoms with van der Waals surface area (Å²) in [6, 6.07) is 11.9. The van der Waals surface area contributed by atoms with Crippen molar-refractivity contribution in [2.75, 3.05) is 18.8 Å². The van der Waals surface area contributed by atoms with Crippen LogP contribution in [0, 0.1) is 6.92 Å². The highest BCUT2D eigenvalue weighted by molar-refractivity contribution is 7.92. The molecule has 0 saturated heterocycles. The standard InChI is InChI=1S/C20H26N2O3S/c1-6-14(2)16-9-11-18(12-10-16)26(24,25)21-19-13-17(8-7-15(19)3)20(23)22(4)5/h7-14,21H,6H2,1-5H3. The van der Waals surface area contributed by atoms with Crippen molar-refractivity contribution in [3.63, 3.8) is 0 Å². The zero-order valence-electron chi connectivity index (χ0n) is 15.9. The number of sulfonamides is 1. The number of benzene rings is 2. The van der Waals surface area contributed by atoms with Gasteiger partial charge >= 0.3 is 0 Å². The van der Waals surface area contributed by atoms with E-state index in [-0.39, 0.29) is 10.8 Å². The molecule has 0 aliphatic heterocycles. The molecular formula is C20H26N2O3S. The molecule has 1 unspecified atom stereocenters. The predicted molar refractivity (Wildman–Crippen MR) is 105 cm³/mol. The van der Waals surface area contributed by atoms with E-state index in [2.05, 4.69) is 18.6 Å². The van der Waals surface area contributed by atoms with Gasteiger partial charge in [0, 0.05) is 19.7 Å². The summed E-state index contributed by atoms with van der Waals surface area (Å²) in [4.78, 5) is 13.8. The third kappa shape index (κ3) is 4.43. The van der Waals surface area contributed by atoms with Crippen LogP contribution in [0.2, 0.25) is 0 Å².